The quantitative estimate of drug-likeness (QED) is 0.806. The highest BCUT2D eigenvalue weighted by Gasteiger charge is 2.09. The Hall–Kier alpha value is -1.55. The second kappa shape index (κ2) is 7.01. The first-order valence-electron chi connectivity index (χ1n) is 6.19. The van der Waals surface area contributed by atoms with Crippen molar-refractivity contribution in [2.24, 2.45) is 0 Å². The second-order valence-corrected chi connectivity index (χ2v) is 4.60. The molecule has 18 heavy (non-hydrogen) atoms. The van der Waals surface area contributed by atoms with Crippen molar-refractivity contribution in [3.8, 4) is 5.75 Å². The van der Waals surface area contributed by atoms with Crippen molar-refractivity contribution in [1.82, 2.24) is 10.6 Å². The summed E-state index contributed by atoms with van der Waals surface area (Å²) in [5.41, 5.74) is 2.11. The maximum Gasteiger partial charge on any atom is 0.258 e. The van der Waals surface area contributed by atoms with Crippen LogP contribution in [-0.2, 0) is 11.3 Å². The second-order valence-electron chi connectivity index (χ2n) is 4.60. The van der Waals surface area contributed by atoms with Gasteiger partial charge in [0.1, 0.15) is 5.75 Å². The number of rotatable bonds is 6. The van der Waals surface area contributed by atoms with Gasteiger partial charge in [0, 0.05) is 18.2 Å². The van der Waals surface area contributed by atoms with Gasteiger partial charge in [0.15, 0.2) is 6.61 Å². The lowest BCUT2D eigenvalue weighted by atomic mass is 10.1. The van der Waals surface area contributed by atoms with Crippen LogP contribution in [0.3, 0.4) is 0 Å². The number of nitrogens with one attached hydrogen (secondary N) is 2. The third-order valence-corrected chi connectivity index (χ3v) is 2.46. The molecule has 0 aromatic heterocycles. The van der Waals surface area contributed by atoms with E-state index < -0.39 is 0 Å². The summed E-state index contributed by atoms with van der Waals surface area (Å²) in [5.74, 6) is 0.703. The SMILES string of the molecule is CNCc1cccc(C)c1OCC(=O)NC(C)C. The molecule has 4 heteroatoms. The fourth-order valence-corrected chi connectivity index (χ4v) is 1.75. The van der Waals surface area contributed by atoms with Gasteiger partial charge in [-0.3, -0.25) is 4.79 Å². The summed E-state index contributed by atoms with van der Waals surface area (Å²) < 4.78 is 5.63. The number of carbonyl (C=O) groups is 1. The summed E-state index contributed by atoms with van der Waals surface area (Å²) >= 11 is 0. The molecule has 0 saturated heterocycles. The van der Waals surface area contributed by atoms with Crippen molar-refractivity contribution in [2.75, 3.05) is 13.7 Å². The fraction of sp³-hybridized carbons (Fsp3) is 0.500. The molecule has 0 aliphatic heterocycles. The van der Waals surface area contributed by atoms with Gasteiger partial charge in [-0.2, -0.15) is 0 Å². The Morgan fingerprint density at radius 2 is 2.11 bits per heavy atom. The van der Waals surface area contributed by atoms with Crippen molar-refractivity contribution in [3.05, 3.63) is 29.3 Å². The van der Waals surface area contributed by atoms with Gasteiger partial charge in [-0.15, -0.1) is 0 Å². The van der Waals surface area contributed by atoms with E-state index in [1.54, 1.807) is 0 Å². The van der Waals surface area contributed by atoms with Crippen LogP contribution in [-0.4, -0.2) is 25.6 Å². The zero-order valence-corrected chi connectivity index (χ0v) is 11.5. The maximum absolute atomic E-state index is 11.6. The van der Waals surface area contributed by atoms with E-state index in [1.165, 1.54) is 0 Å². The summed E-state index contributed by atoms with van der Waals surface area (Å²) in [6.07, 6.45) is 0. The van der Waals surface area contributed by atoms with Crippen molar-refractivity contribution >= 4 is 5.91 Å². The van der Waals surface area contributed by atoms with Gasteiger partial charge in [-0.1, -0.05) is 18.2 Å². The molecule has 2 N–H and O–H groups in total. The number of aryl methyl sites for hydroxylation is 1. The molecule has 0 heterocycles. The third kappa shape index (κ3) is 4.37. The number of amides is 1. The highest BCUT2D eigenvalue weighted by Crippen LogP contribution is 2.23. The largest absolute Gasteiger partial charge is 0.483 e. The Labute approximate surface area is 109 Å². The standard InChI is InChI=1S/C14H22N2O2/c1-10(2)16-13(17)9-18-14-11(3)6-5-7-12(14)8-15-4/h5-7,10,15H,8-9H2,1-4H3,(H,16,17). The minimum absolute atomic E-state index is 0.0553. The molecular weight excluding hydrogens is 228 g/mol. The molecule has 4 nitrogen and oxygen atoms in total. The highest BCUT2D eigenvalue weighted by molar-refractivity contribution is 5.77. The van der Waals surface area contributed by atoms with Crippen LogP contribution in [0.5, 0.6) is 5.75 Å². The molecule has 0 aliphatic carbocycles. The Balaban J connectivity index is 2.68. The van der Waals surface area contributed by atoms with Gasteiger partial charge in [0.05, 0.1) is 0 Å². The topological polar surface area (TPSA) is 50.4 Å². The lowest BCUT2D eigenvalue weighted by molar-refractivity contribution is -0.123. The zero-order chi connectivity index (χ0) is 13.5. The molecule has 0 fully saturated rings. The Bertz CT molecular complexity index is 403. The predicted octanol–water partition coefficient (Wildman–Crippen LogP) is 1.62. The van der Waals surface area contributed by atoms with Crippen molar-refractivity contribution in [1.29, 1.82) is 0 Å². The number of benzene rings is 1. The molecule has 0 bridgehead atoms. The zero-order valence-electron chi connectivity index (χ0n) is 11.5. The molecule has 100 valence electrons. The number of ether oxygens (including phenoxy) is 1. The molecule has 0 radical (unpaired) electrons. The average Bonchev–Trinajstić information content (AvgIpc) is 2.27. The van der Waals surface area contributed by atoms with Crippen LogP contribution in [0.1, 0.15) is 25.0 Å². The minimum Gasteiger partial charge on any atom is -0.483 e. The molecular formula is C14H22N2O2. The number of hydrogen-bond acceptors (Lipinski definition) is 3. The molecule has 0 saturated carbocycles. The number of hydrogen-bond donors (Lipinski definition) is 2. The van der Waals surface area contributed by atoms with Crippen LogP contribution >= 0.6 is 0 Å². The van der Waals surface area contributed by atoms with Crippen LogP contribution in [0.2, 0.25) is 0 Å². The van der Waals surface area contributed by atoms with Crippen LogP contribution in [0, 0.1) is 6.92 Å². The monoisotopic (exact) mass is 250 g/mol. The summed E-state index contributed by atoms with van der Waals surface area (Å²) in [6, 6.07) is 6.10. The van der Waals surface area contributed by atoms with Crippen LogP contribution in [0.15, 0.2) is 18.2 Å². The Morgan fingerprint density at radius 1 is 1.39 bits per heavy atom. The van der Waals surface area contributed by atoms with Crippen molar-refractivity contribution in [2.45, 2.75) is 33.4 Å². The van der Waals surface area contributed by atoms with E-state index >= 15 is 0 Å². The van der Waals surface area contributed by atoms with E-state index in [-0.39, 0.29) is 18.6 Å². The van der Waals surface area contributed by atoms with Crippen molar-refractivity contribution in [3.63, 3.8) is 0 Å². The third-order valence-electron chi connectivity index (χ3n) is 2.46. The van der Waals surface area contributed by atoms with E-state index in [9.17, 15) is 4.79 Å². The molecule has 1 aromatic rings. The van der Waals surface area contributed by atoms with E-state index in [2.05, 4.69) is 10.6 Å². The minimum atomic E-state index is -0.0938. The summed E-state index contributed by atoms with van der Waals surface area (Å²) in [5, 5.41) is 5.90. The molecule has 0 atom stereocenters. The van der Waals surface area contributed by atoms with Gasteiger partial charge in [0.25, 0.3) is 5.91 Å². The summed E-state index contributed by atoms with van der Waals surface area (Å²) in [4.78, 5) is 11.6. The fourth-order valence-electron chi connectivity index (χ4n) is 1.75. The molecule has 1 amide bonds. The Morgan fingerprint density at radius 3 is 2.72 bits per heavy atom. The maximum atomic E-state index is 11.6. The lowest BCUT2D eigenvalue weighted by Crippen LogP contribution is -2.34. The first-order chi connectivity index (χ1) is 8.54. The van der Waals surface area contributed by atoms with E-state index in [0.717, 1.165) is 23.4 Å². The summed E-state index contributed by atoms with van der Waals surface area (Å²) in [7, 11) is 1.89. The smallest absolute Gasteiger partial charge is 0.258 e. The van der Waals surface area contributed by atoms with Crippen LogP contribution in [0.4, 0.5) is 0 Å². The number of para-hydroxylation sites is 1. The highest BCUT2D eigenvalue weighted by atomic mass is 16.5. The number of carbonyl (C=O) groups excluding carboxylic acids is 1. The Kier molecular flexibility index (Phi) is 5.65. The summed E-state index contributed by atoms with van der Waals surface area (Å²) in [6.45, 7) is 6.62. The average molecular weight is 250 g/mol. The first kappa shape index (κ1) is 14.5. The van der Waals surface area contributed by atoms with Gasteiger partial charge in [-0.25, -0.2) is 0 Å². The molecule has 1 rings (SSSR count). The lowest BCUT2D eigenvalue weighted by Gasteiger charge is -2.14. The van der Waals surface area contributed by atoms with Crippen LogP contribution < -0.4 is 15.4 Å². The van der Waals surface area contributed by atoms with E-state index in [1.807, 2.05) is 46.0 Å². The normalized spacial score (nSPS) is 10.5. The van der Waals surface area contributed by atoms with Gasteiger partial charge in [0.2, 0.25) is 0 Å². The van der Waals surface area contributed by atoms with Crippen LogP contribution in [0.25, 0.3) is 0 Å². The van der Waals surface area contributed by atoms with Gasteiger partial charge >= 0.3 is 0 Å². The van der Waals surface area contributed by atoms with E-state index in [0.29, 0.717) is 0 Å². The van der Waals surface area contributed by atoms with E-state index in [4.69, 9.17) is 4.74 Å². The predicted molar refractivity (Wildman–Crippen MR) is 72.7 cm³/mol. The molecule has 0 spiro atoms. The van der Waals surface area contributed by atoms with Gasteiger partial charge in [-0.05, 0) is 33.4 Å². The molecule has 0 unspecified atom stereocenters. The van der Waals surface area contributed by atoms with Gasteiger partial charge < -0.3 is 15.4 Å². The first-order valence-corrected chi connectivity index (χ1v) is 6.19. The molecule has 0 aliphatic rings. The van der Waals surface area contributed by atoms with Crippen molar-refractivity contribution < 1.29 is 9.53 Å². The molecule has 1 aromatic carbocycles.